The van der Waals surface area contributed by atoms with Gasteiger partial charge in [-0.15, -0.1) is 0 Å². The SMILES string of the molecule is CC(C)(C)OC(=O)N(Cc1ccc(/C=C/C(=O)O)cc1)C1CC1c1ccc(-c2cncnc2)cc1. The number of amides is 1. The maximum Gasteiger partial charge on any atom is 0.410 e. The van der Waals surface area contributed by atoms with E-state index in [9.17, 15) is 9.59 Å². The zero-order valence-electron chi connectivity index (χ0n) is 20.1. The van der Waals surface area contributed by atoms with E-state index in [1.807, 2.05) is 45.0 Å². The smallest absolute Gasteiger partial charge is 0.410 e. The molecule has 0 saturated heterocycles. The zero-order valence-corrected chi connectivity index (χ0v) is 20.1. The summed E-state index contributed by atoms with van der Waals surface area (Å²) in [6.45, 7) is 6.01. The molecule has 4 rings (SSSR count). The van der Waals surface area contributed by atoms with Crippen molar-refractivity contribution < 1.29 is 19.4 Å². The largest absolute Gasteiger partial charge is 0.478 e. The molecule has 7 heteroatoms. The Morgan fingerprint density at radius 3 is 2.29 bits per heavy atom. The van der Waals surface area contributed by atoms with Gasteiger partial charge in [-0.25, -0.2) is 19.6 Å². The van der Waals surface area contributed by atoms with Gasteiger partial charge in [-0.05, 0) is 55.5 Å². The Labute approximate surface area is 205 Å². The Hall–Kier alpha value is -4.00. The number of hydrogen-bond acceptors (Lipinski definition) is 5. The molecule has 2 atom stereocenters. The first-order chi connectivity index (χ1) is 16.7. The number of aliphatic carboxylic acids is 1. The fourth-order valence-electron chi connectivity index (χ4n) is 3.99. The first-order valence-corrected chi connectivity index (χ1v) is 11.5. The normalized spacial score (nSPS) is 17.2. The minimum absolute atomic E-state index is 0.0438. The molecular formula is C28H29N3O4. The van der Waals surface area contributed by atoms with Crippen LogP contribution in [0, 0.1) is 0 Å². The maximum atomic E-state index is 13.1. The van der Waals surface area contributed by atoms with Crippen LogP contribution in [-0.2, 0) is 16.1 Å². The molecule has 1 fully saturated rings. The Bertz CT molecular complexity index is 1200. The summed E-state index contributed by atoms with van der Waals surface area (Å²) in [5, 5.41) is 8.81. The van der Waals surface area contributed by atoms with Crippen LogP contribution in [0.1, 0.15) is 49.8 Å². The number of rotatable bonds is 7. The van der Waals surface area contributed by atoms with Gasteiger partial charge in [-0.2, -0.15) is 0 Å². The third kappa shape index (κ3) is 6.53. The van der Waals surface area contributed by atoms with Crippen molar-refractivity contribution in [3.63, 3.8) is 0 Å². The lowest BCUT2D eigenvalue weighted by atomic mass is 10.0. The zero-order chi connectivity index (χ0) is 25.0. The van der Waals surface area contributed by atoms with Crippen LogP contribution in [0.2, 0.25) is 0 Å². The summed E-state index contributed by atoms with van der Waals surface area (Å²) in [5.41, 5.74) is 4.33. The van der Waals surface area contributed by atoms with Crippen molar-refractivity contribution >= 4 is 18.1 Å². The van der Waals surface area contributed by atoms with Crippen LogP contribution in [0.25, 0.3) is 17.2 Å². The van der Waals surface area contributed by atoms with Gasteiger partial charge in [0, 0.05) is 42.5 Å². The van der Waals surface area contributed by atoms with Crippen LogP contribution in [0.15, 0.2) is 73.3 Å². The topological polar surface area (TPSA) is 92.6 Å². The van der Waals surface area contributed by atoms with E-state index >= 15 is 0 Å². The highest BCUT2D eigenvalue weighted by molar-refractivity contribution is 5.85. The summed E-state index contributed by atoms with van der Waals surface area (Å²) >= 11 is 0. The molecule has 1 N–H and O–H groups in total. The Balaban J connectivity index is 1.49. The van der Waals surface area contributed by atoms with Crippen molar-refractivity contribution in [2.45, 2.75) is 51.3 Å². The van der Waals surface area contributed by atoms with Gasteiger partial charge in [0.05, 0.1) is 0 Å². The molecule has 0 bridgehead atoms. The number of carboxylic acids is 1. The summed E-state index contributed by atoms with van der Waals surface area (Å²) in [5.74, 6) is -0.753. The van der Waals surface area contributed by atoms with Crippen LogP contribution in [-0.4, -0.2) is 43.7 Å². The van der Waals surface area contributed by atoms with Crippen LogP contribution in [0.3, 0.4) is 0 Å². The van der Waals surface area contributed by atoms with Crippen molar-refractivity contribution in [2.75, 3.05) is 0 Å². The van der Waals surface area contributed by atoms with Crippen molar-refractivity contribution in [3.8, 4) is 11.1 Å². The van der Waals surface area contributed by atoms with Crippen LogP contribution in [0.4, 0.5) is 4.79 Å². The van der Waals surface area contributed by atoms with E-state index in [0.29, 0.717) is 6.54 Å². The van der Waals surface area contributed by atoms with E-state index in [0.717, 1.165) is 34.8 Å². The molecule has 0 aliphatic heterocycles. The highest BCUT2D eigenvalue weighted by Crippen LogP contribution is 2.46. The molecule has 1 aliphatic rings. The number of carboxylic acid groups (broad SMARTS) is 1. The van der Waals surface area contributed by atoms with Gasteiger partial charge in [0.2, 0.25) is 0 Å². The lowest BCUT2D eigenvalue weighted by Gasteiger charge is -2.28. The number of aromatic nitrogens is 2. The summed E-state index contributed by atoms with van der Waals surface area (Å²) in [6.07, 6.45) is 8.26. The lowest BCUT2D eigenvalue weighted by molar-refractivity contribution is -0.131. The second-order valence-corrected chi connectivity index (χ2v) is 9.68. The molecule has 1 amide bonds. The first kappa shape index (κ1) is 24.1. The summed E-state index contributed by atoms with van der Waals surface area (Å²) < 4.78 is 5.72. The van der Waals surface area contributed by atoms with Crippen molar-refractivity contribution in [2.24, 2.45) is 0 Å². The number of benzene rings is 2. The average molecular weight is 472 g/mol. The molecule has 0 spiro atoms. The monoisotopic (exact) mass is 471 g/mol. The number of hydrogen-bond donors (Lipinski definition) is 1. The van der Waals surface area contributed by atoms with E-state index in [1.165, 1.54) is 11.9 Å². The van der Waals surface area contributed by atoms with Gasteiger partial charge in [-0.3, -0.25) is 0 Å². The molecule has 7 nitrogen and oxygen atoms in total. The molecule has 1 aliphatic carbocycles. The quantitative estimate of drug-likeness (QED) is 0.455. The van der Waals surface area contributed by atoms with E-state index in [2.05, 4.69) is 34.2 Å². The van der Waals surface area contributed by atoms with Crippen molar-refractivity contribution in [1.29, 1.82) is 0 Å². The van der Waals surface area contributed by atoms with Crippen LogP contribution in [0.5, 0.6) is 0 Å². The Morgan fingerprint density at radius 2 is 1.69 bits per heavy atom. The number of carbonyl (C=O) groups excluding carboxylic acids is 1. The second kappa shape index (κ2) is 10.1. The predicted octanol–water partition coefficient (Wildman–Crippen LogP) is 5.53. The summed E-state index contributed by atoms with van der Waals surface area (Å²) in [4.78, 5) is 33.8. The molecule has 3 aromatic rings. The van der Waals surface area contributed by atoms with Gasteiger partial charge in [0.25, 0.3) is 0 Å². The van der Waals surface area contributed by atoms with Crippen molar-refractivity contribution in [3.05, 3.63) is 90.0 Å². The minimum Gasteiger partial charge on any atom is -0.478 e. The van der Waals surface area contributed by atoms with E-state index < -0.39 is 11.6 Å². The van der Waals surface area contributed by atoms with Gasteiger partial charge in [0.15, 0.2) is 0 Å². The van der Waals surface area contributed by atoms with Gasteiger partial charge < -0.3 is 14.7 Å². The molecule has 0 radical (unpaired) electrons. The maximum absolute atomic E-state index is 13.1. The van der Waals surface area contributed by atoms with E-state index in [4.69, 9.17) is 9.84 Å². The summed E-state index contributed by atoms with van der Waals surface area (Å²) in [6, 6.07) is 15.9. The summed E-state index contributed by atoms with van der Waals surface area (Å²) in [7, 11) is 0. The molecule has 2 aromatic carbocycles. The lowest BCUT2D eigenvalue weighted by Crippen LogP contribution is -2.38. The molecule has 1 saturated carbocycles. The van der Waals surface area contributed by atoms with Crippen LogP contribution >= 0.6 is 0 Å². The van der Waals surface area contributed by atoms with E-state index in [1.54, 1.807) is 23.4 Å². The number of ether oxygens (including phenoxy) is 1. The third-order valence-electron chi connectivity index (χ3n) is 5.77. The molecule has 35 heavy (non-hydrogen) atoms. The highest BCUT2D eigenvalue weighted by Gasteiger charge is 2.46. The molecular weight excluding hydrogens is 442 g/mol. The van der Waals surface area contributed by atoms with Gasteiger partial charge in [-0.1, -0.05) is 48.5 Å². The van der Waals surface area contributed by atoms with Crippen molar-refractivity contribution in [1.82, 2.24) is 14.9 Å². The molecule has 1 aromatic heterocycles. The van der Waals surface area contributed by atoms with Crippen LogP contribution < -0.4 is 0 Å². The van der Waals surface area contributed by atoms with E-state index in [-0.39, 0.29) is 18.1 Å². The van der Waals surface area contributed by atoms with Gasteiger partial charge in [0.1, 0.15) is 11.9 Å². The highest BCUT2D eigenvalue weighted by atomic mass is 16.6. The van der Waals surface area contributed by atoms with Gasteiger partial charge >= 0.3 is 12.1 Å². The molecule has 180 valence electrons. The third-order valence-corrected chi connectivity index (χ3v) is 5.77. The Kier molecular flexibility index (Phi) is 6.96. The number of carbonyl (C=O) groups is 2. The first-order valence-electron chi connectivity index (χ1n) is 11.5. The fourth-order valence-corrected chi connectivity index (χ4v) is 3.99. The number of nitrogens with zero attached hydrogens (tertiary/aromatic N) is 3. The Morgan fingerprint density at radius 1 is 1.03 bits per heavy atom. The predicted molar refractivity (Wildman–Crippen MR) is 134 cm³/mol. The fraction of sp³-hybridized carbons (Fsp3) is 0.286. The minimum atomic E-state index is -0.991. The second-order valence-electron chi connectivity index (χ2n) is 9.68. The molecule has 1 heterocycles. The standard InChI is InChI=1S/C28H29N3O4/c1-28(2,3)35-27(34)31(17-20-6-4-19(5-7-20)8-13-26(32)33)25-14-24(25)22-11-9-21(10-12-22)23-15-29-18-30-16-23/h4-13,15-16,18,24-25H,14,17H2,1-3H3,(H,32,33)/b13-8+. The average Bonchev–Trinajstić information content (AvgIpc) is 3.62. The molecule has 2 unspecified atom stereocenters.